The molecule has 2 rings (SSSR count). The summed E-state index contributed by atoms with van der Waals surface area (Å²) in [5.41, 5.74) is 2.52. The van der Waals surface area contributed by atoms with Gasteiger partial charge in [0.1, 0.15) is 5.75 Å². The van der Waals surface area contributed by atoms with E-state index in [4.69, 9.17) is 0 Å². The SMILES string of the molecule is CCC(C)c1ccc(C(=O)c2ccc(O)cc2)cc1. The van der Waals surface area contributed by atoms with Gasteiger partial charge in [0, 0.05) is 11.1 Å². The lowest BCUT2D eigenvalue weighted by Gasteiger charge is -2.09. The van der Waals surface area contributed by atoms with Crippen LogP contribution in [-0.4, -0.2) is 10.9 Å². The molecular weight excluding hydrogens is 236 g/mol. The quantitative estimate of drug-likeness (QED) is 0.833. The van der Waals surface area contributed by atoms with E-state index >= 15 is 0 Å². The lowest BCUT2D eigenvalue weighted by atomic mass is 9.95. The van der Waals surface area contributed by atoms with Crippen molar-refractivity contribution >= 4 is 5.78 Å². The van der Waals surface area contributed by atoms with Crippen LogP contribution in [0.15, 0.2) is 48.5 Å². The summed E-state index contributed by atoms with van der Waals surface area (Å²) in [6.45, 7) is 4.33. The summed E-state index contributed by atoms with van der Waals surface area (Å²) < 4.78 is 0. The number of benzene rings is 2. The third-order valence-electron chi connectivity index (χ3n) is 3.48. The highest BCUT2D eigenvalue weighted by molar-refractivity contribution is 6.09. The zero-order valence-electron chi connectivity index (χ0n) is 11.3. The monoisotopic (exact) mass is 254 g/mol. The van der Waals surface area contributed by atoms with Crippen molar-refractivity contribution in [3.8, 4) is 5.75 Å². The van der Waals surface area contributed by atoms with E-state index in [2.05, 4.69) is 13.8 Å². The molecule has 1 N–H and O–H groups in total. The molecule has 1 unspecified atom stereocenters. The van der Waals surface area contributed by atoms with Crippen LogP contribution in [0.25, 0.3) is 0 Å². The fraction of sp³-hybridized carbons (Fsp3) is 0.235. The molecule has 0 radical (unpaired) electrons. The third kappa shape index (κ3) is 3.02. The van der Waals surface area contributed by atoms with Crippen LogP contribution in [0.2, 0.25) is 0 Å². The molecule has 19 heavy (non-hydrogen) atoms. The smallest absolute Gasteiger partial charge is 0.193 e. The highest BCUT2D eigenvalue weighted by Gasteiger charge is 2.10. The number of carbonyl (C=O) groups excluding carboxylic acids is 1. The van der Waals surface area contributed by atoms with E-state index in [0.29, 0.717) is 17.0 Å². The zero-order valence-corrected chi connectivity index (χ0v) is 11.3. The van der Waals surface area contributed by atoms with Gasteiger partial charge in [-0.05, 0) is 42.2 Å². The van der Waals surface area contributed by atoms with Crippen molar-refractivity contribution < 1.29 is 9.90 Å². The molecule has 2 nitrogen and oxygen atoms in total. The second kappa shape index (κ2) is 5.70. The van der Waals surface area contributed by atoms with Crippen LogP contribution < -0.4 is 0 Å². The molecule has 98 valence electrons. The minimum absolute atomic E-state index is 0.0179. The topological polar surface area (TPSA) is 37.3 Å². The van der Waals surface area contributed by atoms with Gasteiger partial charge >= 0.3 is 0 Å². The maximum Gasteiger partial charge on any atom is 0.193 e. The van der Waals surface area contributed by atoms with Gasteiger partial charge in [-0.1, -0.05) is 38.1 Å². The Morgan fingerprint density at radius 3 is 1.95 bits per heavy atom. The van der Waals surface area contributed by atoms with Crippen molar-refractivity contribution in [1.29, 1.82) is 0 Å². The van der Waals surface area contributed by atoms with E-state index < -0.39 is 0 Å². The average Bonchev–Trinajstić information content (AvgIpc) is 2.46. The van der Waals surface area contributed by atoms with E-state index in [0.717, 1.165) is 6.42 Å². The largest absolute Gasteiger partial charge is 0.508 e. The van der Waals surface area contributed by atoms with Gasteiger partial charge in [0.05, 0.1) is 0 Å². The van der Waals surface area contributed by atoms with E-state index in [1.54, 1.807) is 12.1 Å². The minimum Gasteiger partial charge on any atom is -0.508 e. The number of phenols is 1. The fourth-order valence-electron chi connectivity index (χ4n) is 1.98. The Balaban J connectivity index is 2.22. The molecule has 0 aliphatic rings. The van der Waals surface area contributed by atoms with Crippen LogP contribution in [-0.2, 0) is 0 Å². The molecule has 0 saturated carbocycles. The lowest BCUT2D eigenvalue weighted by Crippen LogP contribution is -2.01. The first-order valence-corrected chi connectivity index (χ1v) is 6.55. The van der Waals surface area contributed by atoms with Gasteiger partial charge in [0.25, 0.3) is 0 Å². The van der Waals surface area contributed by atoms with Gasteiger partial charge in [-0.2, -0.15) is 0 Å². The van der Waals surface area contributed by atoms with E-state index in [-0.39, 0.29) is 11.5 Å². The number of phenolic OH excluding ortho intramolecular Hbond substituents is 1. The maximum absolute atomic E-state index is 12.2. The second-order valence-electron chi connectivity index (χ2n) is 4.81. The van der Waals surface area contributed by atoms with Crippen molar-refractivity contribution in [1.82, 2.24) is 0 Å². The maximum atomic E-state index is 12.2. The molecule has 2 aromatic carbocycles. The van der Waals surface area contributed by atoms with Gasteiger partial charge in [0.15, 0.2) is 5.78 Å². The van der Waals surface area contributed by atoms with Gasteiger partial charge < -0.3 is 5.11 Å². The van der Waals surface area contributed by atoms with Crippen LogP contribution >= 0.6 is 0 Å². The normalized spacial score (nSPS) is 12.1. The zero-order chi connectivity index (χ0) is 13.8. The number of hydrogen-bond acceptors (Lipinski definition) is 2. The Hall–Kier alpha value is -2.09. The Kier molecular flexibility index (Phi) is 4.00. The Morgan fingerprint density at radius 1 is 1.00 bits per heavy atom. The van der Waals surface area contributed by atoms with Crippen LogP contribution in [0, 0.1) is 0 Å². The van der Waals surface area contributed by atoms with Crippen molar-refractivity contribution in [2.24, 2.45) is 0 Å². The first-order valence-electron chi connectivity index (χ1n) is 6.55. The summed E-state index contributed by atoms with van der Waals surface area (Å²) in [6, 6.07) is 14.1. The molecule has 1 atom stereocenters. The molecule has 0 aliphatic heterocycles. The van der Waals surface area contributed by atoms with Crippen LogP contribution in [0.3, 0.4) is 0 Å². The van der Waals surface area contributed by atoms with Gasteiger partial charge in [-0.3, -0.25) is 4.79 Å². The summed E-state index contributed by atoms with van der Waals surface area (Å²) in [6.07, 6.45) is 1.09. The lowest BCUT2D eigenvalue weighted by molar-refractivity contribution is 0.103. The standard InChI is InChI=1S/C17H18O2/c1-3-12(2)13-4-6-14(7-5-13)17(19)15-8-10-16(18)11-9-15/h4-12,18H,3H2,1-2H3. The Bertz CT molecular complexity index is 553. The number of carbonyl (C=O) groups is 1. The first-order chi connectivity index (χ1) is 9.11. The molecule has 0 aromatic heterocycles. The van der Waals surface area contributed by atoms with Crippen molar-refractivity contribution in [3.63, 3.8) is 0 Å². The summed E-state index contributed by atoms with van der Waals surface area (Å²) in [5, 5.41) is 9.22. The summed E-state index contributed by atoms with van der Waals surface area (Å²) in [7, 11) is 0. The molecule has 0 amide bonds. The van der Waals surface area contributed by atoms with Crippen molar-refractivity contribution in [3.05, 3.63) is 65.2 Å². The summed E-state index contributed by atoms with van der Waals surface area (Å²) in [4.78, 5) is 12.2. The fourth-order valence-corrected chi connectivity index (χ4v) is 1.98. The molecule has 0 fully saturated rings. The van der Waals surface area contributed by atoms with Crippen molar-refractivity contribution in [2.75, 3.05) is 0 Å². The average molecular weight is 254 g/mol. The first kappa shape index (κ1) is 13.3. The number of ketones is 1. The molecule has 0 bridgehead atoms. The van der Waals surface area contributed by atoms with Gasteiger partial charge in [-0.25, -0.2) is 0 Å². The Morgan fingerprint density at radius 2 is 1.47 bits per heavy atom. The predicted octanol–water partition coefficient (Wildman–Crippen LogP) is 4.14. The minimum atomic E-state index is -0.0179. The second-order valence-corrected chi connectivity index (χ2v) is 4.81. The van der Waals surface area contributed by atoms with Crippen LogP contribution in [0.5, 0.6) is 5.75 Å². The molecular formula is C17H18O2. The van der Waals surface area contributed by atoms with Gasteiger partial charge in [0.2, 0.25) is 0 Å². The van der Waals surface area contributed by atoms with Crippen LogP contribution in [0.1, 0.15) is 47.7 Å². The molecule has 0 spiro atoms. The van der Waals surface area contributed by atoms with E-state index in [1.165, 1.54) is 17.7 Å². The van der Waals surface area contributed by atoms with E-state index in [1.807, 2.05) is 24.3 Å². The van der Waals surface area contributed by atoms with Gasteiger partial charge in [-0.15, -0.1) is 0 Å². The Labute approximate surface area is 113 Å². The number of aromatic hydroxyl groups is 1. The molecule has 2 aromatic rings. The molecule has 0 aliphatic carbocycles. The highest BCUT2D eigenvalue weighted by atomic mass is 16.3. The molecule has 0 heterocycles. The molecule has 2 heteroatoms. The molecule has 0 saturated heterocycles. The van der Waals surface area contributed by atoms with E-state index in [9.17, 15) is 9.90 Å². The predicted molar refractivity (Wildman–Crippen MR) is 76.7 cm³/mol. The summed E-state index contributed by atoms with van der Waals surface area (Å²) in [5.74, 6) is 0.664. The summed E-state index contributed by atoms with van der Waals surface area (Å²) >= 11 is 0. The third-order valence-corrected chi connectivity index (χ3v) is 3.48. The number of rotatable bonds is 4. The highest BCUT2D eigenvalue weighted by Crippen LogP contribution is 2.20. The van der Waals surface area contributed by atoms with Crippen molar-refractivity contribution in [2.45, 2.75) is 26.2 Å². The number of hydrogen-bond donors (Lipinski definition) is 1. The van der Waals surface area contributed by atoms with Crippen LogP contribution in [0.4, 0.5) is 0 Å².